The predicted molar refractivity (Wildman–Crippen MR) is 114 cm³/mol. The molecule has 1 aliphatic rings. The van der Waals surface area contributed by atoms with Gasteiger partial charge in [-0.3, -0.25) is 0 Å². The Labute approximate surface area is 183 Å². The quantitative estimate of drug-likeness (QED) is 0.441. The molecule has 0 aliphatic carbocycles. The summed E-state index contributed by atoms with van der Waals surface area (Å²) in [5.41, 5.74) is 4.21. The van der Waals surface area contributed by atoms with E-state index in [2.05, 4.69) is 11.4 Å². The van der Waals surface area contributed by atoms with Crippen LogP contribution in [0.2, 0.25) is 5.02 Å². The lowest BCUT2D eigenvalue weighted by Gasteiger charge is -2.11. The van der Waals surface area contributed by atoms with Crippen molar-refractivity contribution in [2.45, 2.75) is 25.0 Å². The normalized spacial score (nSPS) is 15.2. The van der Waals surface area contributed by atoms with Crippen molar-refractivity contribution in [1.82, 2.24) is 5.32 Å². The molecule has 2 aromatic rings. The topological polar surface area (TPSA) is 127 Å². The van der Waals surface area contributed by atoms with E-state index in [0.717, 1.165) is 36.5 Å². The van der Waals surface area contributed by atoms with Crippen LogP contribution in [0.15, 0.2) is 36.4 Å². The third-order valence-corrected chi connectivity index (χ3v) is 4.99. The predicted octanol–water partition coefficient (Wildman–Crippen LogP) is 2.22. The zero-order valence-corrected chi connectivity index (χ0v) is 17.2. The second-order valence-corrected chi connectivity index (χ2v) is 7.18. The number of aliphatic hydroxyl groups excluding tert-OH is 2. The minimum Gasteiger partial charge on any atom is -0.479 e. The number of aliphatic carboxylic acids is 2. The fourth-order valence-electron chi connectivity index (χ4n) is 3.01. The molecule has 166 valence electrons. The van der Waals surface area contributed by atoms with Gasteiger partial charge in [0.1, 0.15) is 5.82 Å². The molecular weight excluding hydrogens is 429 g/mol. The Kier molecular flexibility index (Phi) is 9.14. The fourth-order valence-corrected chi connectivity index (χ4v) is 3.25. The molecule has 0 spiro atoms. The molecule has 0 bridgehead atoms. The number of carboxylic acids is 2. The molecular formula is C22H23ClFNO6. The molecule has 0 amide bonds. The highest BCUT2D eigenvalue weighted by Gasteiger charge is 2.29. The molecule has 31 heavy (non-hydrogen) atoms. The van der Waals surface area contributed by atoms with Gasteiger partial charge in [0.05, 0.1) is 0 Å². The van der Waals surface area contributed by atoms with E-state index in [9.17, 15) is 14.0 Å². The second-order valence-electron chi connectivity index (χ2n) is 6.77. The van der Waals surface area contributed by atoms with Gasteiger partial charge in [-0.1, -0.05) is 48.0 Å². The lowest BCUT2D eigenvalue weighted by Crippen LogP contribution is -2.39. The van der Waals surface area contributed by atoms with Crippen LogP contribution < -0.4 is 5.32 Å². The first-order valence-corrected chi connectivity index (χ1v) is 9.85. The van der Waals surface area contributed by atoms with Crippen molar-refractivity contribution in [2.75, 3.05) is 13.1 Å². The van der Waals surface area contributed by atoms with Crippen molar-refractivity contribution in [3.05, 3.63) is 69.5 Å². The second kappa shape index (κ2) is 11.6. The minimum atomic E-state index is -2.27. The molecule has 3 rings (SSSR count). The molecule has 0 saturated carbocycles. The number of nitrogens with one attached hydrogen (secondary N) is 1. The number of fused-ring (bicyclic) bond motifs is 1. The van der Waals surface area contributed by atoms with Gasteiger partial charge < -0.3 is 25.7 Å². The van der Waals surface area contributed by atoms with E-state index >= 15 is 0 Å². The summed E-state index contributed by atoms with van der Waals surface area (Å²) in [5, 5.41) is 36.6. The molecule has 0 radical (unpaired) electrons. The summed E-state index contributed by atoms with van der Waals surface area (Å²) >= 11 is 6.36. The summed E-state index contributed by atoms with van der Waals surface area (Å²) in [6.45, 7) is 1.94. The molecule has 2 atom stereocenters. The van der Waals surface area contributed by atoms with Crippen LogP contribution in [-0.4, -0.2) is 57.7 Å². The van der Waals surface area contributed by atoms with Crippen molar-refractivity contribution in [3.8, 4) is 0 Å². The highest BCUT2D eigenvalue weighted by Crippen LogP contribution is 2.27. The summed E-state index contributed by atoms with van der Waals surface area (Å²) in [6.07, 6.45) is 1.16. The maximum atomic E-state index is 13.7. The molecule has 0 unspecified atom stereocenters. The number of benzene rings is 2. The average Bonchev–Trinajstić information content (AvgIpc) is 2.99. The Morgan fingerprint density at radius 1 is 0.968 bits per heavy atom. The van der Waals surface area contributed by atoms with Gasteiger partial charge in [-0.15, -0.1) is 0 Å². The maximum absolute atomic E-state index is 13.7. The first-order chi connectivity index (χ1) is 14.7. The smallest absolute Gasteiger partial charge is 0.335 e. The molecule has 0 aromatic heterocycles. The first kappa shape index (κ1) is 24.5. The van der Waals surface area contributed by atoms with Crippen molar-refractivity contribution in [3.63, 3.8) is 0 Å². The van der Waals surface area contributed by atoms with Crippen molar-refractivity contribution >= 4 is 35.7 Å². The number of hydrogen-bond acceptors (Lipinski definition) is 5. The van der Waals surface area contributed by atoms with Gasteiger partial charge in [-0.05, 0) is 54.8 Å². The minimum absolute atomic E-state index is 0.214. The number of rotatable bonds is 5. The van der Waals surface area contributed by atoms with Crippen LogP contribution >= 0.6 is 11.6 Å². The largest absolute Gasteiger partial charge is 0.479 e. The van der Waals surface area contributed by atoms with Crippen molar-refractivity contribution in [1.29, 1.82) is 0 Å². The Bertz CT molecular complexity index is 947. The standard InChI is InChI=1S/C18H17ClFN.C4H6O6/c19-17-8-6-13-9-11-21-12-10-15(13)16(17)7-5-14-3-1-2-4-18(14)20;5-1(3(7)8)2(6)4(9)10/h1-8,21H,9-12H2;1-2,5-6H,(H,7,8)(H,9,10)/t;1-,2-/m.1/s1. The molecule has 0 fully saturated rings. The third kappa shape index (κ3) is 6.86. The van der Waals surface area contributed by atoms with Gasteiger partial charge in [0.15, 0.2) is 12.2 Å². The van der Waals surface area contributed by atoms with E-state index in [-0.39, 0.29) is 5.82 Å². The van der Waals surface area contributed by atoms with E-state index in [0.29, 0.717) is 5.56 Å². The van der Waals surface area contributed by atoms with Gasteiger partial charge >= 0.3 is 11.9 Å². The molecule has 0 saturated heterocycles. The summed E-state index contributed by atoms with van der Waals surface area (Å²) in [5.74, 6) is -3.75. The molecule has 7 nitrogen and oxygen atoms in total. The Morgan fingerprint density at radius 3 is 2.19 bits per heavy atom. The summed E-state index contributed by atoms with van der Waals surface area (Å²) in [4.78, 5) is 19.5. The highest BCUT2D eigenvalue weighted by atomic mass is 35.5. The molecule has 1 aliphatic heterocycles. The van der Waals surface area contributed by atoms with E-state index in [4.69, 9.17) is 32.0 Å². The Balaban J connectivity index is 0.000000291. The number of hydrogen-bond donors (Lipinski definition) is 5. The molecule has 5 N–H and O–H groups in total. The third-order valence-electron chi connectivity index (χ3n) is 4.66. The van der Waals surface area contributed by atoms with E-state index in [1.165, 1.54) is 17.2 Å². The van der Waals surface area contributed by atoms with Crippen molar-refractivity contribution < 1.29 is 34.4 Å². The fraction of sp³-hybridized carbons (Fsp3) is 0.273. The van der Waals surface area contributed by atoms with Crippen LogP contribution in [0.3, 0.4) is 0 Å². The van der Waals surface area contributed by atoms with E-state index < -0.39 is 24.1 Å². The number of aliphatic hydroxyl groups is 2. The molecule has 9 heteroatoms. The number of carbonyl (C=O) groups is 2. The van der Waals surface area contributed by atoms with E-state index in [1.54, 1.807) is 18.2 Å². The highest BCUT2D eigenvalue weighted by molar-refractivity contribution is 6.32. The van der Waals surface area contributed by atoms with Gasteiger partial charge in [-0.25, -0.2) is 14.0 Å². The summed E-state index contributed by atoms with van der Waals surface area (Å²) in [6, 6.07) is 10.8. The zero-order chi connectivity index (χ0) is 23.0. The van der Waals surface area contributed by atoms with Crippen LogP contribution in [-0.2, 0) is 22.4 Å². The van der Waals surface area contributed by atoms with Gasteiger partial charge in [-0.2, -0.15) is 0 Å². The monoisotopic (exact) mass is 451 g/mol. The number of carboxylic acid groups (broad SMARTS) is 2. The summed E-state index contributed by atoms with van der Waals surface area (Å²) in [7, 11) is 0. The lowest BCUT2D eigenvalue weighted by atomic mass is 9.96. The average molecular weight is 452 g/mol. The zero-order valence-electron chi connectivity index (χ0n) is 16.5. The van der Waals surface area contributed by atoms with Crippen LogP contribution in [0.5, 0.6) is 0 Å². The van der Waals surface area contributed by atoms with Crippen LogP contribution in [0.4, 0.5) is 4.39 Å². The van der Waals surface area contributed by atoms with Crippen LogP contribution in [0.1, 0.15) is 22.3 Å². The molecule has 1 heterocycles. The van der Waals surface area contributed by atoms with Gasteiger partial charge in [0.25, 0.3) is 0 Å². The summed E-state index contributed by atoms with van der Waals surface area (Å²) < 4.78 is 13.7. The SMILES string of the molecule is Fc1ccccc1C=Cc1c(Cl)ccc2c1CCNCC2.O=C(O)[C@H](O)[C@@H](O)C(=O)O. The lowest BCUT2D eigenvalue weighted by molar-refractivity contribution is -0.165. The van der Waals surface area contributed by atoms with E-state index in [1.807, 2.05) is 18.2 Å². The number of halogens is 2. The maximum Gasteiger partial charge on any atom is 0.335 e. The molecule has 2 aromatic carbocycles. The Morgan fingerprint density at radius 2 is 1.58 bits per heavy atom. The van der Waals surface area contributed by atoms with Crippen molar-refractivity contribution in [2.24, 2.45) is 0 Å². The van der Waals surface area contributed by atoms with Crippen LogP contribution in [0.25, 0.3) is 12.2 Å². The van der Waals surface area contributed by atoms with Gasteiger partial charge in [0.2, 0.25) is 0 Å². The van der Waals surface area contributed by atoms with Crippen LogP contribution in [0, 0.1) is 5.82 Å². The first-order valence-electron chi connectivity index (χ1n) is 9.47. The Hall–Kier alpha value is -2.78. The van der Waals surface area contributed by atoms with Gasteiger partial charge in [0, 0.05) is 10.6 Å².